The quantitative estimate of drug-likeness (QED) is 0.862. The van der Waals surface area contributed by atoms with Crippen LogP contribution in [0.4, 0.5) is 5.69 Å². The minimum absolute atomic E-state index is 0.571. The monoisotopic (exact) mass is 246 g/mol. The van der Waals surface area contributed by atoms with Gasteiger partial charge in [0, 0.05) is 30.9 Å². The van der Waals surface area contributed by atoms with Crippen LogP contribution in [0.2, 0.25) is 0 Å². The van der Waals surface area contributed by atoms with Crippen molar-refractivity contribution < 1.29 is 0 Å². The number of piperazine rings is 1. The molecule has 100 valence electrons. The van der Waals surface area contributed by atoms with Gasteiger partial charge < -0.3 is 10.2 Å². The summed E-state index contributed by atoms with van der Waals surface area (Å²) < 4.78 is 0. The first-order valence-corrected chi connectivity index (χ1v) is 7.06. The summed E-state index contributed by atoms with van der Waals surface area (Å²) in [5.41, 5.74) is 4.14. The second-order valence-corrected chi connectivity index (χ2v) is 6.03. The lowest BCUT2D eigenvalue weighted by Crippen LogP contribution is -2.57. The Bertz CT molecular complexity index is 412. The van der Waals surface area contributed by atoms with E-state index in [2.05, 4.69) is 63.0 Å². The van der Waals surface area contributed by atoms with Crippen LogP contribution in [0.15, 0.2) is 18.2 Å². The topological polar surface area (TPSA) is 15.3 Å². The summed E-state index contributed by atoms with van der Waals surface area (Å²) in [6.07, 6.45) is 0. The fourth-order valence-corrected chi connectivity index (χ4v) is 2.60. The smallest absolute Gasteiger partial charge is 0.0387 e. The second kappa shape index (κ2) is 5.31. The number of nitrogens with one attached hydrogen (secondary N) is 1. The Labute approximate surface area is 111 Å². The number of anilines is 1. The number of nitrogens with zero attached hydrogens (tertiary/aromatic N) is 1. The largest absolute Gasteiger partial charge is 0.366 e. The van der Waals surface area contributed by atoms with E-state index in [9.17, 15) is 0 Å². The molecule has 0 radical (unpaired) electrons. The highest BCUT2D eigenvalue weighted by atomic mass is 15.2. The van der Waals surface area contributed by atoms with Crippen LogP contribution >= 0.6 is 0 Å². The molecule has 2 nitrogen and oxygen atoms in total. The van der Waals surface area contributed by atoms with E-state index in [4.69, 9.17) is 0 Å². The molecule has 0 bridgehead atoms. The van der Waals surface area contributed by atoms with E-state index >= 15 is 0 Å². The van der Waals surface area contributed by atoms with Gasteiger partial charge in [-0.1, -0.05) is 19.9 Å². The molecule has 1 saturated heterocycles. The van der Waals surface area contributed by atoms with Crippen LogP contribution in [0.1, 0.15) is 31.9 Å². The molecule has 1 N–H and O–H groups in total. The minimum Gasteiger partial charge on any atom is -0.366 e. The molecule has 0 aliphatic carbocycles. The molecule has 0 amide bonds. The number of benzene rings is 1. The fraction of sp³-hybridized carbons (Fsp3) is 0.625. The Hall–Kier alpha value is -1.02. The van der Waals surface area contributed by atoms with Crippen LogP contribution in [0.25, 0.3) is 0 Å². The molecule has 1 aliphatic rings. The molecule has 1 aliphatic heterocycles. The highest BCUT2D eigenvalue weighted by Gasteiger charge is 2.26. The van der Waals surface area contributed by atoms with Gasteiger partial charge in [-0.25, -0.2) is 0 Å². The summed E-state index contributed by atoms with van der Waals surface area (Å²) in [5.74, 6) is 0.687. The maximum absolute atomic E-state index is 3.65. The van der Waals surface area contributed by atoms with E-state index in [1.807, 2.05) is 0 Å². The number of hydrogen-bond acceptors (Lipinski definition) is 2. The first-order valence-electron chi connectivity index (χ1n) is 7.06. The van der Waals surface area contributed by atoms with Crippen molar-refractivity contribution in [3.8, 4) is 0 Å². The van der Waals surface area contributed by atoms with Gasteiger partial charge in [-0.2, -0.15) is 0 Å². The zero-order valence-corrected chi connectivity index (χ0v) is 12.3. The van der Waals surface area contributed by atoms with Gasteiger partial charge in [-0.15, -0.1) is 0 Å². The average Bonchev–Trinajstić information content (AvgIpc) is 2.33. The predicted octanol–water partition coefficient (Wildman–Crippen LogP) is 3.13. The van der Waals surface area contributed by atoms with Crippen molar-refractivity contribution >= 4 is 5.69 Å². The summed E-state index contributed by atoms with van der Waals surface area (Å²) in [4.78, 5) is 2.55. The average molecular weight is 246 g/mol. The zero-order chi connectivity index (χ0) is 13.3. The van der Waals surface area contributed by atoms with E-state index < -0.39 is 0 Å². The molecular formula is C16H26N2. The molecule has 0 spiro atoms. The van der Waals surface area contributed by atoms with Crippen molar-refractivity contribution in [2.45, 2.75) is 46.7 Å². The van der Waals surface area contributed by atoms with Gasteiger partial charge in [-0.3, -0.25) is 0 Å². The summed E-state index contributed by atoms with van der Waals surface area (Å²) in [6, 6.07) is 8.00. The van der Waals surface area contributed by atoms with Gasteiger partial charge in [0.05, 0.1) is 0 Å². The summed E-state index contributed by atoms with van der Waals surface area (Å²) >= 11 is 0. The van der Waals surface area contributed by atoms with E-state index in [0.29, 0.717) is 18.0 Å². The molecule has 2 rings (SSSR count). The van der Waals surface area contributed by atoms with Crippen LogP contribution in [0.3, 0.4) is 0 Å². The highest BCUT2D eigenvalue weighted by Crippen LogP contribution is 2.24. The lowest BCUT2D eigenvalue weighted by atomic mass is 9.98. The van der Waals surface area contributed by atoms with Gasteiger partial charge >= 0.3 is 0 Å². The SMILES string of the molecule is Cc1ccc(N2CC(C(C)C)NCC2C)cc1C. The number of aryl methyl sites for hydroxylation is 2. The Morgan fingerprint density at radius 3 is 2.56 bits per heavy atom. The van der Waals surface area contributed by atoms with Gasteiger partial charge in [0.15, 0.2) is 0 Å². The van der Waals surface area contributed by atoms with Gasteiger partial charge in [0.2, 0.25) is 0 Å². The lowest BCUT2D eigenvalue weighted by molar-refractivity contribution is 0.337. The molecule has 1 aromatic rings. The zero-order valence-electron chi connectivity index (χ0n) is 12.3. The Morgan fingerprint density at radius 1 is 1.22 bits per heavy atom. The molecule has 1 fully saturated rings. The van der Waals surface area contributed by atoms with E-state index in [0.717, 1.165) is 13.1 Å². The summed E-state index contributed by atoms with van der Waals surface area (Å²) in [7, 11) is 0. The van der Waals surface area contributed by atoms with Crippen molar-refractivity contribution in [3.63, 3.8) is 0 Å². The maximum Gasteiger partial charge on any atom is 0.0387 e. The van der Waals surface area contributed by atoms with Crippen molar-refractivity contribution in [2.24, 2.45) is 5.92 Å². The van der Waals surface area contributed by atoms with Crippen LogP contribution in [0.5, 0.6) is 0 Å². The molecule has 18 heavy (non-hydrogen) atoms. The van der Waals surface area contributed by atoms with Crippen LogP contribution in [0, 0.1) is 19.8 Å². The van der Waals surface area contributed by atoms with Crippen LogP contribution < -0.4 is 10.2 Å². The molecule has 2 unspecified atom stereocenters. The summed E-state index contributed by atoms with van der Waals surface area (Å²) in [5, 5.41) is 3.65. The molecule has 0 saturated carbocycles. The van der Waals surface area contributed by atoms with Gasteiger partial charge in [0.1, 0.15) is 0 Å². The first-order chi connectivity index (χ1) is 8.49. The second-order valence-electron chi connectivity index (χ2n) is 6.03. The van der Waals surface area contributed by atoms with E-state index in [1.165, 1.54) is 16.8 Å². The van der Waals surface area contributed by atoms with E-state index in [1.54, 1.807) is 0 Å². The molecule has 1 aromatic carbocycles. The van der Waals surface area contributed by atoms with Crippen molar-refractivity contribution in [3.05, 3.63) is 29.3 Å². The third-order valence-corrected chi connectivity index (χ3v) is 4.23. The Morgan fingerprint density at radius 2 is 1.94 bits per heavy atom. The molecule has 1 heterocycles. The maximum atomic E-state index is 3.65. The van der Waals surface area contributed by atoms with Crippen molar-refractivity contribution in [1.29, 1.82) is 0 Å². The normalized spacial score (nSPS) is 24.7. The Kier molecular flexibility index (Phi) is 3.96. The minimum atomic E-state index is 0.571. The lowest BCUT2D eigenvalue weighted by Gasteiger charge is -2.42. The number of rotatable bonds is 2. The fourth-order valence-electron chi connectivity index (χ4n) is 2.60. The Balaban J connectivity index is 2.21. The molecule has 2 atom stereocenters. The van der Waals surface area contributed by atoms with Crippen molar-refractivity contribution in [1.82, 2.24) is 5.32 Å². The third kappa shape index (κ3) is 2.69. The molecule has 0 aromatic heterocycles. The van der Waals surface area contributed by atoms with Crippen molar-refractivity contribution in [2.75, 3.05) is 18.0 Å². The molecular weight excluding hydrogens is 220 g/mol. The van der Waals surface area contributed by atoms with Crippen LogP contribution in [-0.2, 0) is 0 Å². The predicted molar refractivity (Wildman–Crippen MR) is 79.4 cm³/mol. The first kappa shape index (κ1) is 13.4. The number of hydrogen-bond donors (Lipinski definition) is 1. The van der Waals surface area contributed by atoms with Gasteiger partial charge in [-0.05, 0) is 49.9 Å². The molecule has 2 heteroatoms. The van der Waals surface area contributed by atoms with Crippen LogP contribution in [-0.4, -0.2) is 25.2 Å². The highest BCUT2D eigenvalue weighted by molar-refractivity contribution is 5.52. The van der Waals surface area contributed by atoms with E-state index in [-0.39, 0.29) is 0 Å². The van der Waals surface area contributed by atoms with Gasteiger partial charge in [0.25, 0.3) is 0 Å². The summed E-state index contributed by atoms with van der Waals surface area (Å²) in [6.45, 7) is 13.5. The third-order valence-electron chi connectivity index (χ3n) is 4.23. The standard InChI is InChI=1S/C16H26N2/c1-11(2)16-10-18(14(5)9-17-16)15-7-6-12(3)13(4)8-15/h6-8,11,14,16-17H,9-10H2,1-5H3.